The monoisotopic (exact) mass is 117 g/mol. The molecule has 48 valence electrons. The van der Waals surface area contributed by atoms with E-state index in [1.165, 1.54) is 0 Å². The molecule has 3 nitrogen and oxygen atoms in total. The van der Waals surface area contributed by atoms with Crippen molar-refractivity contribution in [1.29, 1.82) is 0 Å². The number of aliphatic hydroxyl groups is 1. The molecule has 1 aliphatic rings. The van der Waals surface area contributed by atoms with Crippen molar-refractivity contribution in [3.63, 3.8) is 0 Å². The highest BCUT2D eigenvalue weighted by atomic mass is 16.7. The summed E-state index contributed by atoms with van der Waals surface area (Å²) in [4.78, 5) is 4.93. The van der Waals surface area contributed by atoms with Gasteiger partial charge in [-0.15, -0.1) is 0 Å². The summed E-state index contributed by atoms with van der Waals surface area (Å²) in [5, 5.41) is 8.53. The van der Waals surface area contributed by atoms with Gasteiger partial charge in [-0.2, -0.15) is 0 Å². The minimum Gasteiger partial charge on any atom is -0.394 e. The highest BCUT2D eigenvalue weighted by Gasteiger charge is 2.10. The number of hydrogen-bond donors (Lipinski definition) is 2. The molecule has 0 aromatic carbocycles. The number of nitrogens with one attached hydrogen (secondary N) is 1. The quantitative estimate of drug-likeness (QED) is 0.494. The van der Waals surface area contributed by atoms with Crippen molar-refractivity contribution in [2.75, 3.05) is 13.2 Å². The molecule has 8 heavy (non-hydrogen) atoms. The second kappa shape index (κ2) is 3.02. The van der Waals surface area contributed by atoms with Gasteiger partial charge in [0.15, 0.2) is 0 Å². The van der Waals surface area contributed by atoms with Crippen LogP contribution in [0.4, 0.5) is 0 Å². The van der Waals surface area contributed by atoms with Gasteiger partial charge in [-0.05, 0) is 12.8 Å². The molecular formula is C5H11NO2. The Kier molecular flexibility index (Phi) is 2.27. The zero-order chi connectivity index (χ0) is 5.82. The van der Waals surface area contributed by atoms with Gasteiger partial charge in [0.05, 0.1) is 6.61 Å². The third-order valence-electron chi connectivity index (χ3n) is 1.26. The van der Waals surface area contributed by atoms with Crippen LogP contribution < -0.4 is 5.48 Å². The zero-order valence-electron chi connectivity index (χ0n) is 4.76. The molecule has 2 N–H and O–H groups in total. The Bertz CT molecular complexity index is 61.4. The van der Waals surface area contributed by atoms with Gasteiger partial charge in [0.1, 0.15) is 6.10 Å². The van der Waals surface area contributed by atoms with Crippen LogP contribution in [-0.2, 0) is 4.84 Å². The average molecular weight is 117 g/mol. The highest BCUT2D eigenvalue weighted by molar-refractivity contribution is 4.59. The summed E-state index contributed by atoms with van der Waals surface area (Å²) < 4.78 is 0. The summed E-state index contributed by atoms with van der Waals surface area (Å²) in [6.07, 6.45) is 2.11. The van der Waals surface area contributed by atoms with Crippen LogP contribution in [0.1, 0.15) is 12.8 Å². The molecule has 0 aromatic rings. The van der Waals surface area contributed by atoms with E-state index in [2.05, 4.69) is 5.48 Å². The molecule has 1 fully saturated rings. The van der Waals surface area contributed by atoms with E-state index in [1.807, 2.05) is 0 Å². The lowest BCUT2D eigenvalue weighted by Crippen LogP contribution is -2.33. The van der Waals surface area contributed by atoms with Crippen LogP contribution in [0.25, 0.3) is 0 Å². The van der Waals surface area contributed by atoms with E-state index in [0.29, 0.717) is 0 Å². The fraction of sp³-hybridized carbons (Fsp3) is 1.00. The van der Waals surface area contributed by atoms with Crippen LogP contribution in [-0.4, -0.2) is 24.4 Å². The second-order valence-corrected chi connectivity index (χ2v) is 1.96. The maximum absolute atomic E-state index is 8.53. The molecule has 1 heterocycles. The minimum absolute atomic E-state index is 0.0312. The molecule has 0 aliphatic carbocycles. The van der Waals surface area contributed by atoms with Crippen LogP contribution >= 0.6 is 0 Å². The van der Waals surface area contributed by atoms with Crippen molar-refractivity contribution in [3.05, 3.63) is 0 Å². The largest absolute Gasteiger partial charge is 0.394 e. The standard InChI is InChI=1S/C5H11NO2/c7-4-5-2-1-3-6-8-5/h5-7H,1-4H2. The Hall–Kier alpha value is -0.120. The minimum atomic E-state index is 0.0312. The number of aliphatic hydroxyl groups excluding tert-OH is 1. The Balaban J connectivity index is 2.13. The first kappa shape index (κ1) is 6.01. The Morgan fingerprint density at radius 2 is 2.62 bits per heavy atom. The van der Waals surface area contributed by atoms with Gasteiger partial charge in [0, 0.05) is 6.54 Å². The maximum atomic E-state index is 8.53. The van der Waals surface area contributed by atoms with E-state index in [-0.39, 0.29) is 12.7 Å². The molecule has 0 aromatic heterocycles. The van der Waals surface area contributed by atoms with Crippen molar-refractivity contribution in [2.45, 2.75) is 18.9 Å². The number of hydroxylamine groups is 1. The molecule has 1 atom stereocenters. The molecule has 1 unspecified atom stereocenters. The number of hydrogen-bond acceptors (Lipinski definition) is 3. The maximum Gasteiger partial charge on any atom is 0.102 e. The smallest absolute Gasteiger partial charge is 0.102 e. The molecule has 0 amide bonds. The molecule has 0 saturated carbocycles. The van der Waals surface area contributed by atoms with E-state index < -0.39 is 0 Å². The molecule has 0 bridgehead atoms. The van der Waals surface area contributed by atoms with Gasteiger partial charge in [-0.25, -0.2) is 5.48 Å². The van der Waals surface area contributed by atoms with Crippen molar-refractivity contribution in [3.8, 4) is 0 Å². The van der Waals surface area contributed by atoms with Crippen LogP contribution in [0.5, 0.6) is 0 Å². The topological polar surface area (TPSA) is 41.5 Å². The van der Waals surface area contributed by atoms with Crippen molar-refractivity contribution < 1.29 is 9.94 Å². The van der Waals surface area contributed by atoms with Crippen LogP contribution in [0, 0.1) is 0 Å². The molecule has 1 aliphatic heterocycles. The third kappa shape index (κ3) is 1.43. The summed E-state index contributed by atoms with van der Waals surface area (Å²) in [7, 11) is 0. The van der Waals surface area contributed by atoms with Crippen molar-refractivity contribution in [2.24, 2.45) is 0 Å². The molecule has 0 spiro atoms. The SMILES string of the molecule is OCC1CCCNO1. The lowest BCUT2D eigenvalue weighted by atomic mass is 10.2. The number of rotatable bonds is 1. The van der Waals surface area contributed by atoms with Crippen LogP contribution in [0.2, 0.25) is 0 Å². The fourth-order valence-corrected chi connectivity index (χ4v) is 0.766. The summed E-state index contributed by atoms with van der Waals surface area (Å²) in [6.45, 7) is 1.05. The fourth-order valence-electron chi connectivity index (χ4n) is 0.766. The van der Waals surface area contributed by atoms with Gasteiger partial charge < -0.3 is 5.11 Å². The Labute approximate surface area is 48.6 Å². The summed E-state index contributed by atoms with van der Waals surface area (Å²) in [5.41, 5.74) is 2.73. The van der Waals surface area contributed by atoms with E-state index in [9.17, 15) is 0 Å². The zero-order valence-corrected chi connectivity index (χ0v) is 4.76. The van der Waals surface area contributed by atoms with E-state index in [4.69, 9.17) is 9.94 Å². The summed E-state index contributed by atoms with van der Waals surface area (Å²) in [5.74, 6) is 0. The normalized spacial score (nSPS) is 30.4. The first-order valence-corrected chi connectivity index (χ1v) is 2.93. The van der Waals surface area contributed by atoms with Crippen LogP contribution in [0.15, 0.2) is 0 Å². The predicted octanol–water partition coefficient (Wildman–Crippen LogP) is -0.338. The average Bonchev–Trinajstić information content (AvgIpc) is 1.90. The molecule has 1 saturated heterocycles. The van der Waals surface area contributed by atoms with Gasteiger partial charge in [0.25, 0.3) is 0 Å². The van der Waals surface area contributed by atoms with Gasteiger partial charge in [-0.1, -0.05) is 0 Å². The van der Waals surface area contributed by atoms with E-state index in [1.54, 1.807) is 0 Å². The second-order valence-electron chi connectivity index (χ2n) is 1.96. The molecular weight excluding hydrogens is 106 g/mol. The molecule has 0 radical (unpaired) electrons. The summed E-state index contributed by atoms with van der Waals surface area (Å²) >= 11 is 0. The van der Waals surface area contributed by atoms with Gasteiger partial charge >= 0.3 is 0 Å². The lowest BCUT2D eigenvalue weighted by Gasteiger charge is -2.20. The van der Waals surface area contributed by atoms with Crippen LogP contribution in [0.3, 0.4) is 0 Å². The van der Waals surface area contributed by atoms with Crippen molar-refractivity contribution in [1.82, 2.24) is 5.48 Å². The van der Waals surface area contributed by atoms with E-state index in [0.717, 1.165) is 19.4 Å². The highest BCUT2D eigenvalue weighted by Crippen LogP contribution is 2.03. The Morgan fingerprint density at radius 1 is 1.75 bits per heavy atom. The third-order valence-corrected chi connectivity index (χ3v) is 1.26. The predicted molar refractivity (Wildman–Crippen MR) is 29.2 cm³/mol. The lowest BCUT2D eigenvalue weighted by molar-refractivity contribution is -0.0772. The summed E-state index contributed by atoms with van der Waals surface area (Å²) in [6, 6.07) is 0. The van der Waals surface area contributed by atoms with Gasteiger partial charge in [0.2, 0.25) is 0 Å². The molecule has 3 heteroatoms. The first-order valence-electron chi connectivity index (χ1n) is 2.93. The first-order chi connectivity index (χ1) is 3.93. The van der Waals surface area contributed by atoms with Crippen molar-refractivity contribution >= 4 is 0 Å². The van der Waals surface area contributed by atoms with E-state index >= 15 is 0 Å². The van der Waals surface area contributed by atoms with Gasteiger partial charge in [-0.3, -0.25) is 4.84 Å². The Morgan fingerprint density at radius 3 is 3.00 bits per heavy atom. The molecule has 1 rings (SSSR count).